The van der Waals surface area contributed by atoms with E-state index in [-0.39, 0.29) is 11.4 Å². The summed E-state index contributed by atoms with van der Waals surface area (Å²) in [5, 5.41) is 8.96. The Morgan fingerprint density at radius 3 is 2.89 bits per heavy atom. The van der Waals surface area contributed by atoms with E-state index in [9.17, 15) is 4.79 Å². The highest BCUT2D eigenvalue weighted by Gasteiger charge is 2.11. The molecule has 0 aliphatic carbocycles. The molecule has 1 aromatic heterocycles. The average Bonchev–Trinajstić information content (AvgIpc) is 2.37. The zero-order valence-corrected chi connectivity index (χ0v) is 9.96. The largest absolute Gasteiger partial charge is 0.486 e. The predicted molar refractivity (Wildman–Crippen MR) is 66.7 cm³/mol. The molecule has 0 atom stereocenters. The zero-order valence-electron chi connectivity index (χ0n) is 9.96. The van der Waals surface area contributed by atoms with Gasteiger partial charge in [-0.15, -0.1) is 0 Å². The van der Waals surface area contributed by atoms with E-state index in [4.69, 9.17) is 9.84 Å². The highest BCUT2D eigenvalue weighted by Crippen LogP contribution is 2.17. The summed E-state index contributed by atoms with van der Waals surface area (Å²) in [6.45, 7) is 2.32. The van der Waals surface area contributed by atoms with Gasteiger partial charge in [0.25, 0.3) is 0 Å². The second-order valence-electron chi connectivity index (χ2n) is 3.93. The van der Waals surface area contributed by atoms with Crippen LogP contribution in [-0.2, 0) is 6.61 Å². The van der Waals surface area contributed by atoms with Crippen LogP contribution in [0, 0.1) is 6.92 Å². The lowest BCUT2D eigenvalue weighted by molar-refractivity contribution is 0.0685. The van der Waals surface area contributed by atoms with E-state index in [2.05, 4.69) is 4.98 Å². The SMILES string of the molecule is Cc1cccc(COc2cccnc2C(=O)O)c1. The lowest BCUT2D eigenvalue weighted by atomic mass is 10.1. The number of pyridine rings is 1. The summed E-state index contributed by atoms with van der Waals surface area (Å²) in [4.78, 5) is 14.7. The topological polar surface area (TPSA) is 59.4 Å². The quantitative estimate of drug-likeness (QED) is 0.896. The molecule has 0 fully saturated rings. The number of hydrogen-bond donors (Lipinski definition) is 1. The number of ether oxygens (including phenoxy) is 1. The van der Waals surface area contributed by atoms with E-state index in [1.54, 1.807) is 12.1 Å². The number of aromatic carboxylic acids is 1. The summed E-state index contributed by atoms with van der Waals surface area (Å²) in [6, 6.07) is 11.1. The monoisotopic (exact) mass is 243 g/mol. The number of nitrogens with zero attached hydrogens (tertiary/aromatic N) is 1. The highest BCUT2D eigenvalue weighted by atomic mass is 16.5. The third-order valence-corrected chi connectivity index (χ3v) is 2.45. The molecule has 0 saturated heterocycles. The Hall–Kier alpha value is -2.36. The van der Waals surface area contributed by atoms with Crippen LogP contribution in [0.15, 0.2) is 42.6 Å². The molecule has 0 aliphatic rings. The molecule has 0 saturated carbocycles. The molecular formula is C14H13NO3. The first kappa shape index (κ1) is 12.1. The minimum absolute atomic E-state index is 0.0647. The molecule has 0 aliphatic heterocycles. The number of aryl methyl sites for hydroxylation is 1. The average molecular weight is 243 g/mol. The van der Waals surface area contributed by atoms with Crippen LogP contribution in [0.3, 0.4) is 0 Å². The van der Waals surface area contributed by atoms with Crippen LogP contribution in [0.5, 0.6) is 5.75 Å². The molecule has 4 heteroatoms. The maximum Gasteiger partial charge on any atom is 0.358 e. The van der Waals surface area contributed by atoms with Gasteiger partial charge < -0.3 is 9.84 Å². The first-order valence-corrected chi connectivity index (χ1v) is 5.53. The van der Waals surface area contributed by atoms with Crippen molar-refractivity contribution >= 4 is 5.97 Å². The van der Waals surface area contributed by atoms with Gasteiger partial charge in [-0.1, -0.05) is 29.8 Å². The summed E-state index contributed by atoms with van der Waals surface area (Å²) >= 11 is 0. The summed E-state index contributed by atoms with van der Waals surface area (Å²) < 4.78 is 5.50. The van der Waals surface area contributed by atoms with Crippen molar-refractivity contribution in [2.75, 3.05) is 0 Å². The Kier molecular flexibility index (Phi) is 3.57. The van der Waals surface area contributed by atoms with E-state index >= 15 is 0 Å². The lowest BCUT2D eigenvalue weighted by Gasteiger charge is -2.08. The van der Waals surface area contributed by atoms with E-state index in [1.165, 1.54) is 6.20 Å². The van der Waals surface area contributed by atoms with Gasteiger partial charge in [-0.3, -0.25) is 0 Å². The fraction of sp³-hybridized carbons (Fsp3) is 0.143. The number of carboxylic acid groups (broad SMARTS) is 1. The summed E-state index contributed by atoms with van der Waals surface area (Å²) in [5.41, 5.74) is 2.07. The second kappa shape index (κ2) is 5.31. The number of carbonyl (C=O) groups is 1. The molecule has 4 nitrogen and oxygen atoms in total. The van der Waals surface area contributed by atoms with Crippen molar-refractivity contribution in [1.82, 2.24) is 4.98 Å². The van der Waals surface area contributed by atoms with Crippen LogP contribution in [0.25, 0.3) is 0 Å². The molecule has 0 spiro atoms. The molecule has 1 N–H and O–H groups in total. The standard InChI is InChI=1S/C14H13NO3/c1-10-4-2-5-11(8-10)9-18-12-6-3-7-15-13(12)14(16)17/h2-8H,9H2,1H3,(H,16,17). The molecule has 0 bridgehead atoms. The summed E-state index contributed by atoms with van der Waals surface area (Å²) in [5.74, 6) is -0.804. The molecule has 2 rings (SSSR count). The minimum Gasteiger partial charge on any atom is -0.486 e. The van der Waals surface area contributed by atoms with Gasteiger partial charge in [0.15, 0.2) is 11.4 Å². The zero-order chi connectivity index (χ0) is 13.0. The maximum atomic E-state index is 10.9. The molecule has 0 radical (unpaired) electrons. The van der Waals surface area contributed by atoms with Gasteiger partial charge in [0.1, 0.15) is 6.61 Å². The van der Waals surface area contributed by atoms with Crippen molar-refractivity contribution in [2.45, 2.75) is 13.5 Å². The fourth-order valence-electron chi connectivity index (χ4n) is 1.63. The van der Waals surface area contributed by atoms with Crippen LogP contribution in [0.4, 0.5) is 0 Å². The Bertz CT molecular complexity index is 566. The predicted octanol–water partition coefficient (Wildman–Crippen LogP) is 2.67. The number of aromatic nitrogens is 1. The molecule has 92 valence electrons. The summed E-state index contributed by atoms with van der Waals surface area (Å²) in [7, 11) is 0. The fourth-order valence-corrected chi connectivity index (χ4v) is 1.63. The van der Waals surface area contributed by atoms with Gasteiger partial charge >= 0.3 is 5.97 Å². The van der Waals surface area contributed by atoms with E-state index in [1.807, 2.05) is 31.2 Å². The number of hydrogen-bond acceptors (Lipinski definition) is 3. The maximum absolute atomic E-state index is 10.9. The van der Waals surface area contributed by atoms with Crippen LogP contribution in [0.2, 0.25) is 0 Å². The third kappa shape index (κ3) is 2.85. The Morgan fingerprint density at radius 1 is 1.33 bits per heavy atom. The number of rotatable bonds is 4. The van der Waals surface area contributed by atoms with Gasteiger partial charge in [0.05, 0.1) is 0 Å². The molecule has 2 aromatic rings. The van der Waals surface area contributed by atoms with Crippen molar-refractivity contribution in [1.29, 1.82) is 0 Å². The first-order chi connectivity index (χ1) is 8.66. The third-order valence-electron chi connectivity index (χ3n) is 2.45. The van der Waals surface area contributed by atoms with Crippen molar-refractivity contribution in [3.05, 3.63) is 59.4 Å². The minimum atomic E-state index is -1.09. The molecule has 0 amide bonds. The number of carboxylic acids is 1. The van der Waals surface area contributed by atoms with Crippen molar-refractivity contribution in [3.8, 4) is 5.75 Å². The van der Waals surface area contributed by atoms with Crippen LogP contribution < -0.4 is 4.74 Å². The van der Waals surface area contributed by atoms with Crippen molar-refractivity contribution < 1.29 is 14.6 Å². The van der Waals surface area contributed by atoms with E-state index in [0.717, 1.165) is 11.1 Å². The van der Waals surface area contributed by atoms with E-state index in [0.29, 0.717) is 6.61 Å². The van der Waals surface area contributed by atoms with Gasteiger partial charge in [0.2, 0.25) is 0 Å². The Balaban J connectivity index is 2.13. The van der Waals surface area contributed by atoms with Gasteiger partial charge in [0, 0.05) is 6.20 Å². The lowest BCUT2D eigenvalue weighted by Crippen LogP contribution is -2.05. The smallest absolute Gasteiger partial charge is 0.358 e. The Labute approximate surface area is 105 Å². The van der Waals surface area contributed by atoms with Crippen molar-refractivity contribution in [2.24, 2.45) is 0 Å². The highest BCUT2D eigenvalue weighted by molar-refractivity contribution is 5.88. The normalized spacial score (nSPS) is 10.1. The van der Waals surface area contributed by atoms with Gasteiger partial charge in [-0.25, -0.2) is 9.78 Å². The summed E-state index contributed by atoms with van der Waals surface area (Å²) in [6.07, 6.45) is 1.43. The van der Waals surface area contributed by atoms with Crippen LogP contribution in [-0.4, -0.2) is 16.1 Å². The molecule has 1 heterocycles. The second-order valence-corrected chi connectivity index (χ2v) is 3.93. The van der Waals surface area contributed by atoms with Gasteiger partial charge in [-0.05, 0) is 24.6 Å². The first-order valence-electron chi connectivity index (χ1n) is 5.53. The molecular weight excluding hydrogens is 230 g/mol. The van der Waals surface area contributed by atoms with Crippen molar-refractivity contribution in [3.63, 3.8) is 0 Å². The molecule has 18 heavy (non-hydrogen) atoms. The van der Waals surface area contributed by atoms with Crippen LogP contribution in [0.1, 0.15) is 21.6 Å². The molecule has 0 unspecified atom stereocenters. The van der Waals surface area contributed by atoms with Crippen LogP contribution >= 0.6 is 0 Å². The number of benzene rings is 1. The Morgan fingerprint density at radius 2 is 2.17 bits per heavy atom. The molecule has 1 aromatic carbocycles. The van der Waals surface area contributed by atoms with Gasteiger partial charge in [-0.2, -0.15) is 0 Å². The van der Waals surface area contributed by atoms with E-state index < -0.39 is 5.97 Å².